The molecule has 15 nitrogen and oxygen atoms in total. The van der Waals surface area contributed by atoms with Crippen LogP contribution >= 0.6 is 0 Å². The summed E-state index contributed by atoms with van der Waals surface area (Å²) in [6.07, 6.45) is -20.3. The minimum Gasteiger partial charge on any atom is -0.394 e. The Morgan fingerprint density at radius 2 is 1.09 bits per heavy atom. The second kappa shape index (κ2) is 12.3. The lowest BCUT2D eigenvalue weighted by molar-refractivity contribution is -0.378. The van der Waals surface area contributed by atoms with Gasteiger partial charge in [0.2, 0.25) is 0 Å². The second-order valence-corrected chi connectivity index (χ2v) is 8.74. The van der Waals surface area contributed by atoms with Crippen molar-refractivity contribution in [1.82, 2.24) is 0 Å². The third kappa shape index (κ3) is 5.79. The van der Waals surface area contributed by atoms with Crippen molar-refractivity contribution < 1.29 is 74.0 Å². The Labute approximate surface area is 201 Å². The van der Waals surface area contributed by atoms with Gasteiger partial charge in [-0.3, -0.25) is 0 Å². The van der Waals surface area contributed by atoms with Gasteiger partial charge in [0.05, 0.1) is 19.3 Å². The van der Waals surface area contributed by atoms with Gasteiger partial charge in [0, 0.05) is 14.2 Å². The lowest BCUT2D eigenvalue weighted by Gasteiger charge is -2.48. The Kier molecular flexibility index (Phi) is 10.2. The fourth-order valence-electron chi connectivity index (χ4n) is 4.55. The largest absolute Gasteiger partial charge is 0.394 e. The van der Waals surface area contributed by atoms with E-state index in [2.05, 4.69) is 0 Å². The van der Waals surface area contributed by atoms with Gasteiger partial charge in [-0.25, -0.2) is 0 Å². The van der Waals surface area contributed by atoms with Gasteiger partial charge in [0.1, 0.15) is 67.1 Å². The highest BCUT2D eigenvalue weighted by Crippen LogP contribution is 2.33. The van der Waals surface area contributed by atoms with E-state index in [1.165, 1.54) is 21.1 Å². The molecule has 0 bridgehead atoms. The molecule has 0 aliphatic carbocycles. The Morgan fingerprint density at radius 1 is 0.571 bits per heavy atom. The van der Waals surface area contributed by atoms with E-state index in [0.29, 0.717) is 0 Å². The molecule has 0 spiro atoms. The third-order valence-corrected chi connectivity index (χ3v) is 6.54. The fraction of sp³-hybridized carbons (Fsp3) is 1.00. The van der Waals surface area contributed by atoms with E-state index in [4.69, 9.17) is 33.2 Å². The van der Waals surface area contributed by atoms with Crippen molar-refractivity contribution in [2.45, 2.75) is 99.0 Å². The van der Waals surface area contributed by atoms with Crippen molar-refractivity contribution >= 4 is 0 Å². The molecule has 3 saturated heterocycles. The molecule has 3 rings (SSSR count). The molecule has 3 fully saturated rings. The van der Waals surface area contributed by atoms with Crippen LogP contribution in [0.5, 0.6) is 0 Å². The molecule has 206 valence electrons. The Morgan fingerprint density at radius 3 is 1.63 bits per heavy atom. The van der Waals surface area contributed by atoms with E-state index in [9.17, 15) is 40.9 Å². The molecule has 3 heterocycles. The van der Waals surface area contributed by atoms with Crippen molar-refractivity contribution in [2.75, 3.05) is 27.4 Å². The van der Waals surface area contributed by atoms with Gasteiger partial charge < -0.3 is 74.0 Å². The van der Waals surface area contributed by atoms with Crippen LogP contribution < -0.4 is 0 Å². The lowest BCUT2D eigenvalue weighted by Crippen LogP contribution is -2.66. The SMILES string of the molecule is CO[C@H]1[C@H](O)[C@@H](O[C@@H]2[C@@H](OC)[C@H](O)[C@@H](O[C@@H]3[C@@H](O)[C@H](O)[C@@H](O)O[C@H]3C)O[C@H]2CO)O[C@@H](CO)[C@@H]1O. The van der Waals surface area contributed by atoms with Crippen LogP contribution in [-0.4, -0.2) is 160 Å². The maximum atomic E-state index is 10.9. The highest BCUT2D eigenvalue weighted by Gasteiger charge is 2.53. The van der Waals surface area contributed by atoms with Crippen molar-refractivity contribution in [3.8, 4) is 0 Å². The maximum absolute atomic E-state index is 10.9. The van der Waals surface area contributed by atoms with Crippen LogP contribution in [0.15, 0.2) is 0 Å². The van der Waals surface area contributed by atoms with Crippen LogP contribution in [0.3, 0.4) is 0 Å². The topological polar surface area (TPSA) is 226 Å². The molecule has 35 heavy (non-hydrogen) atoms. The molecule has 0 unspecified atom stereocenters. The van der Waals surface area contributed by atoms with E-state index < -0.39 is 105 Å². The predicted molar refractivity (Wildman–Crippen MR) is 109 cm³/mol. The summed E-state index contributed by atoms with van der Waals surface area (Å²) in [4.78, 5) is 0. The first-order valence-electron chi connectivity index (χ1n) is 11.2. The minimum absolute atomic E-state index is 0.602. The predicted octanol–water partition coefficient (Wildman–Crippen LogP) is -5.24. The lowest BCUT2D eigenvalue weighted by atomic mass is 9.96. The quantitative estimate of drug-likeness (QED) is 0.151. The van der Waals surface area contributed by atoms with E-state index in [1.54, 1.807) is 0 Å². The molecular formula is C20H36O15. The van der Waals surface area contributed by atoms with Crippen LogP contribution in [0.25, 0.3) is 0 Å². The zero-order valence-electron chi connectivity index (χ0n) is 19.5. The summed E-state index contributed by atoms with van der Waals surface area (Å²) in [5.74, 6) is 0. The van der Waals surface area contributed by atoms with Crippen LogP contribution in [0.1, 0.15) is 6.92 Å². The van der Waals surface area contributed by atoms with Gasteiger partial charge >= 0.3 is 0 Å². The Balaban J connectivity index is 1.76. The van der Waals surface area contributed by atoms with Crippen LogP contribution in [-0.2, 0) is 33.2 Å². The molecule has 15 atom stereocenters. The fourth-order valence-corrected chi connectivity index (χ4v) is 4.55. The average Bonchev–Trinajstić information content (AvgIpc) is 2.83. The van der Waals surface area contributed by atoms with Crippen LogP contribution in [0.4, 0.5) is 0 Å². The number of hydrogen-bond acceptors (Lipinski definition) is 15. The summed E-state index contributed by atoms with van der Waals surface area (Å²) in [5.41, 5.74) is 0. The highest BCUT2D eigenvalue weighted by molar-refractivity contribution is 4.96. The molecule has 0 aromatic heterocycles. The molecule has 3 aliphatic rings. The number of rotatable bonds is 8. The summed E-state index contributed by atoms with van der Waals surface area (Å²) in [6.45, 7) is 0.219. The van der Waals surface area contributed by atoms with Crippen molar-refractivity contribution in [3.05, 3.63) is 0 Å². The van der Waals surface area contributed by atoms with Crippen LogP contribution in [0.2, 0.25) is 0 Å². The monoisotopic (exact) mass is 516 g/mol. The van der Waals surface area contributed by atoms with E-state index >= 15 is 0 Å². The van der Waals surface area contributed by atoms with Gasteiger partial charge in [-0.1, -0.05) is 0 Å². The first-order valence-corrected chi connectivity index (χ1v) is 11.2. The standard InChI is InChI=1S/C20H36O15/c1-6-14(10(24)11(25)18(28)31-6)34-20-13(27)17(30-3)15(8(5-22)33-20)35-19-12(26)16(29-2)9(23)7(4-21)32-19/h6-28H,4-5H2,1-3H3/t6-,7-,8-,9-,10-,11-,12-,13-,14-,15-,16+,17-,18-,19+,20+/m0/s1. The van der Waals surface area contributed by atoms with Crippen molar-refractivity contribution in [2.24, 2.45) is 0 Å². The van der Waals surface area contributed by atoms with E-state index in [0.717, 1.165) is 0 Å². The number of aliphatic hydroxyl groups is 8. The maximum Gasteiger partial charge on any atom is 0.187 e. The number of aliphatic hydroxyl groups excluding tert-OH is 8. The summed E-state index contributed by atoms with van der Waals surface area (Å²) in [6, 6.07) is 0. The normalized spacial score (nSPS) is 51.3. The first kappa shape index (κ1) is 29.0. The number of methoxy groups -OCH3 is 2. The smallest absolute Gasteiger partial charge is 0.187 e. The molecule has 3 aliphatic heterocycles. The van der Waals surface area contributed by atoms with Gasteiger partial charge in [-0.2, -0.15) is 0 Å². The molecule has 15 heteroatoms. The highest BCUT2D eigenvalue weighted by atomic mass is 16.8. The molecule has 0 radical (unpaired) electrons. The molecular weight excluding hydrogens is 480 g/mol. The second-order valence-electron chi connectivity index (χ2n) is 8.74. The zero-order valence-corrected chi connectivity index (χ0v) is 19.5. The first-order chi connectivity index (χ1) is 16.6. The number of ether oxygens (including phenoxy) is 7. The van der Waals surface area contributed by atoms with Gasteiger partial charge in [-0.15, -0.1) is 0 Å². The van der Waals surface area contributed by atoms with E-state index in [-0.39, 0.29) is 0 Å². The molecule has 0 aromatic rings. The summed E-state index contributed by atoms with van der Waals surface area (Å²) in [7, 11) is 2.50. The van der Waals surface area contributed by atoms with E-state index in [1.807, 2.05) is 0 Å². The average molecular weight is 516 g/mol. The third-order valence-electron chi connectivity index (χ3n) is 6.54. The summed E-state index contributed by atoms with van der Waals surface area (Å²) in [5, 5.41) is 80.9. The zero-order chi connectivity index (χ0) is 26.0. The van der Waals surface area contributed by atoms with Gasteiger partial charge in [0.15, 0.2) is 18.9 Å². The Hall–Kier alpha value is -0.600. The summed E-state index contributed by atoms with van der Waals surface area (Å²) < 4.78 is 38.2. The van der Waals surface area contributed by atoms with Gasteiger partial charge in [0.25, 0.3) is 0 Å². The molecule has 8 N–H and O–H groups in total. The Bertz CT molecular complexity index is 656. The minimum atomic E-state index is -1.67. The van der Waals surface area contributed by atoms with Crippen molar-refractivity contribution in [1.29, 1.82) is 0 Å². The molecule has 0 aromatic carbocycles. The molecule has 0 amide bonds. The van der Waals surface area contributed by atoms with Gasteiger partial charge in [-0.05, 0) is 6.92 Å². The van der Waals surface area contributed by atoms with Crippen LogP contribution in [0, 0.1) is 0 Å². The summed E-state index contributed by atoms with van der Waals surface area (Å²) >= 11 is 0. The molecule has 0 saturated carbocycles. The van der Waals surface area contributed by atoms with Crippen molar-refractivity contribution in [3.63, 3.8) is 0 Å². The number of hydrogen-bond donors (Lipinski definition) is 8.